The first-order valence-corrected chi connectivity index (χ1v) is 9.66. The Morgan fingerprint density at radius 2 is 1.77 bits per heavy atom. The lowest BCUT2D eigenvalue weighted by atomic mass is 10.0. The Morgan fingerprint density at radius 3 is 2.39 bits per heavy atom. The molecule has 1 aromatic carbocycles. The fraction of sp³-hybridized carbons (Fsp3) is 0.400. The van der Waals surface area contributed by atoms with E-state index in [9.17, 15) is 27.9 Å². The molecular weight excluding hydrogens is 415 g/mol. The molecule has 1 amide bonds. The first kappa shape index (κ1) is 22.5. The fourth-order valence-corrected chi connectivity index (χ4v) is 3.34. The van der Waals surface area contributed by atoms with Crippen LogP contribution >= 0.6 is 0 Å². The van der Waals surface area contributed by atoms with Gasteiger partial charge in [0.05, 0.1) is 11.5 Å². The molecule has 3 rings (SSSR count). The maximum Gasteiger partial charge on any atom is 0.416 e. The van der Waals surface area contributed by atoms with E-state index in [1.807, 2.05) is 9.80 Å². The molecule has 1 fully saturated rings. The van der Waals surface area contributed by atoms with Gasteiger partial charge >= 0.3 is 12.1 Å². The van der Waals surface area contributed by atoms with Crippen molar-refractivity contribution < 1.29 is 27.9 Å². The van der Waals surface area contributed by atoms with Gasteiger partial charge in [-0.2, -0.15) is 13.2 Å². The number of hydrogen-bond donors (Lipinski definition) is 2. The van der Waals surface area contributed by atoms with Crippen LogP contribution in [-0.4, -0.2) is 64.6 Å². The van der Waals surface area contributed by atoms with Crippen LogP contribution in [-0.2, 0) is 15.8 Å². The molecule has 0 spiro atoms. The Kier molecular flexibility index (Phi) is 7.06. The molecule has 11 heteroatoms. The van der Waals surface area contributed by atoms with E-state index in [2.05, 4.69) is 15.3 Å². The SMILES string of the molecule is O=C(C[C@@H](CN1CCN(c2ncccn2)CC1)C(=O)O)Nc1cccc(C(F)(F)F)c1. The largest absolute Gasteiger partial charge is 0.481 e. The van der Waals surface area contributed by atoms with Crippen LogP contribution in [0.4, 0.5) is 24.8 Å². The van der Waals surface area contributed by atoms with Crippen molar-refractivity contribution in [2.24, 2.45) is 5.92 Å². The third-order valence-corrected chi connectivity index (χ3v) is 4.94. The van der Waals surface area contributed by atoms with Crippen molar-refractivity contribution in [1.29, 1.82) is 0 Å². The summed E-state index contributed by atoms with van der Waals surface area (Å²) in [6.45, 7) is 2.56. The zero-order valence-electron chi connectivity index (χ0n) is 16.5. The number of nitrogens with one attached hydrogen (secondary N) is 1. The highest BCUT2D eigenvalue weighted by Crippen LogP contribution is 2.30. The number of benzene rings is 1. The molecule has 2 heterocycles. The Bertz CT molecular complexity index is 902. The van der Waals surface area contributed by atoms with Crippen LogP contribution in [0.1, 0.15) is 12.0 Å². The van der Waals surface area contributed by atoms with Gasteiger partial charge in [-0.05, 0) is 24.3 Å². The van der Waals surface area contributed by atoms with Crippen molar-refractivity contribution >= 4 is 23.5 Å². The number of rotatable bonds is 7. The number of amides is 1. The van der Waals surface area contributed by atoms with E-state index in [0.717, 1.165) is 12.1 Å². The summed E-state index contributed by atoms with van der Waals surface area (Å²) in [7, 11) is 0. The lowest BCUT2D eigenvalue weighted by Gasteiger charge is -2.35. The number of hydrogen-bond acceptors (Lipinski definition) is 6. The number of nitrogens with zero attached hydrogens (tertiary/aromatic N) is 4. The number of aromatic nitrogens is 2. The Balaban J connectivity index is 1.53. The standard InChI is InChI=1S/C20H22F3N5O3/c21-20(22,23)15-3-1-4-16(12-15)26-17(29)11-14(18(30)31)13-27-7-9-28(10-8-27)19-24-5-2-6-25-19/h1-6,12,14H,7-11,13H2,(H,26,29)(H,30,31)/t14-/m0/s1. The first-order chi connectivity index (χ1) is 14.7. The van der Waals surface area contributed by atoms with Gasteiger partial charge in [-0.1, -0.05) is 6.07 Å². The summed E-state index contributed by atoms with van der Waals surface area (Å²) in [5, 5.41) is 11.9. The van der Waals surface area contributed by atoms with Crippen LogP contribution in [0.5, 0.6) is 0 Å². The third-order valence-electron chi connectivity index (χ3n) is 4.94. The summed E-state index contributed by atoms with van der Waals surface area (Å²) in [5.41, 5.74) is -0.916. The molecule has 166 valence electrons. The fourth-order valence-electron chi connectivity index (χ4n) is 3.34. The molecule has 0 bridgehead atoms. The Labute approximate surface area is 176 Å². The van der Waals surface area contributed by atoms with Gasteiger partial charge in [0.25, 0.3) is 0 Å². The second-order valence-electron chi connectivity index (χ2n) is 7.20. The van der Waals surface area contributed by atoms with Crippen LogP contribution in [0.3, 0.4) is 0 Å². The van der Waals surface area contributed by atoms with Crippen LogP contribution < -0.4 is 10.2 Å². The van der Waals surface area contributed by atoms with E-state index in [4.69, 9.17) is 0 Å². The predicted molar refractivity (Wildman–Crippen MR) is 107 cm³/mol. The highest BCUT2D eigenvalue weighted by atomic mass is 19.4. The molecule has 2 aromatic rings. The number of aliphatic carboxylic acids is 1. The Hall–Kier alpha value is -3.21. The summed E-state index contributed by atoms with van der Waals surface area (Å²) in [5.74, 6) is -2.15. The normalized spacial score (nSPS) is 16.0. The van der Waals surface area contributed by atoms with E-state index in [1.165, 1.54) is 12.1 Å². The van der Waals surface area contributed by atoms with E-state index < -0.39 is 29.5 Å². The maximum absolute atomic E-state index is 12.8. The summed E-state index contributed by atoms with van der Waals surface area (Å²) in [6, 6.07) is 5.95. The number of piperazine rings is 1. The molecule has 1 atom stereocenters. The van der Waals surface area contributed by atoms with Crippen molar-refractivity contribution in [3.05, 3.63) is 48.3 Å². The molecule has 2 N–H and O–H groups in total. The summed E-state index contributed by atoms with van der Waals surface area (Å²) in [6.07, 6.45) is -1.57. The number of anilines is 2. The van der Waals surface area contributed by atoms with Crippen LogP contribution in [0.15, 0.2) is 42.7 Å². The van der Waals surface area contributed by atoms with Gasteiger partial charge in [0.2, 0.25) is 11.9 Å². The molecule has 8 nitrogen and oxygen atoms in total. The van der Waals surface area contributed by atoms with E-state index in [-0.39, 0.29) is 18.7 Å². The molecule has 31 heavy (non-hydrogen) atoms. The maximum atomic E-state index is 12.8. The molecule has 0 saturated carbocycles. The summed E-state index contributed by atoms with van der Waals surface area (Å²) in [4.78, 5) is 36.2. The number of carboxylic acids is 1. The second kappa shape index (κ2) is 9.73. The van der Waals surface area contributed by atoms with Crippen molar-refractivity contribution in [2.45, 2.75) is 12.6 Å². The summed E-state index contributed by atoms with van der Waals surface area (Å²) < 4.78 is 38.4. The number of alkyl halides is 3. The van der Waals surface area contributed by atoms with Crippen LogP contribution in [0.25, 0.3) is 0 Å². The summed E-state index contributed by atoms with van der Waals surface area (Å²) >= 11 is 0. The van der Waals surface area contributed by atoms with Crippen molar-refractivity contribution in [3.63, 3.8) is 0 Å². The van der Waals surface area contributed by atoms with E-state index >= 15 is 0 Å². The van der Waals surface area contributed by atoms with Gasteiger partial charge in [0.15, 0.2) is 0 Å². The molecular formula is C20H22F3N5O3. The molecule has 1 aliphatic rings. The first-order valence-electron chi connectivity index (χ1n) is 9.66. The molecule has 1 saturated heterocycles. The number of carbonyl (C=O) groups is 2. The lowest BCUT2D eigenvalue weighted by Crippen LogP contribution is -2.49. The molecule has 0 unspecified atom stereocenters. The van der Waals surface area contributed by atoms with E-state index in [1.54, 1.807) is 18.5 Å². The van der Waals surface area contributed by atoms with Crippen molar-refractivity contribution in [1.82, 2.24) is 14.9 Å². The minimum absolute atomic E-state index is 0.0274. The minimum Gasteiger partial charge on any atom is -0.481 e. The zero-order chi connectivity index (χ0) is 22.4. The predicted octanol–water partition coefficient (Wildman–Crippen LogP) is 2.35. The number of carboxylic acid groups (broad SMARTS) is 1. The van der Waals surface area contributed by atoms with Crippen molar-refractivity contribution in [3.8, 4) is 0 Å². The second-order valence-corrected chi connectivity index (χ2v) is 7.20. The average Bonchev–Trinajstić information content (AvgIpc) is 2.74. The zero-order valence-corrected chi connectivity index (χ0v) is 16.5. The number of carbonyl (C=O) groups excluding carboxylic acids is 1. The van der Waals surface area contributed by atoms with E-state index in [0.29, 0.717) is 32.1 Å². The van der Waals surface area contributed by atoms with Crippen LogP contribution in [0, 0.1) is 5.92 Å². The van der Waals surface area contributed by atoms with Gasteiger partial charge in [0.1, 0.15) is 0 Å². The Morgan fingerprint density at radius 1 is 1.10 bits per heavy atom. The van der Waals surface area contributed by atoms with Gasteiger partial charge in [-0.15, -0.1) is 0 Å². The quantitative estimate of drug-likeness (QED) is 0.686. The van der Waals surface area contributed by atoms with Crippen LogP contribution in [0.2, 0.25) is 0 Å². The molecule has 0 aliphatic carbocycles. The number of halogens is 3. The van der Waals surface area contributed by atoms with Crippen molar-refractivity contribution in [2.75, 3.05) is 42.9 Å². The molecule has 1 aromatic heterocycles. The van der Waals surface area contributed by atoms with Gasteiger partial charge in [-0.3, -0.25) is 14.5 Å². The minimum atomic E-state index is -4.53. The average molecular weight is 437 g/mol. The highest BCUT2D eigenvalue weighted by Gasteiger charge is 2.31. The molecule has 1 aliphatic heterocycles. The van der Waals surface area contributed by atoms with Gasteiger partial charge in [0, 0.05) is 57.2 Å². The van der Waals surface area contributed by atoms with Gasteiger partial charge in [-0.25, -0.2) is 9.97 Å². The lowest BCUT2D eigenvalue weighted by molar-refractivity contribution is -0.144. The topological polar surface area (TPSA) is 98.7 Å². The highest BCUT2D eigenvalue weighted by molar-refractivity contribution is 5.93. The molecule has 0 radical (unpaired) electrons. The monoisotopic (exact) mass is 437 g/mol. The smallest absolute Gasteiger partial charge is 0.416 e. The van der Waals surface area contributed by atoms with Gasteiger partial charge < -0.3 is 15.3 Å². The third kappa shape index (κ3) is 6.38.